The third-order valence-corrected chi connectivity index (χ3v) is 4.49. The molecular weight excluding hydrogens is 340 g/mol. The first-order chi connectivity index (χ1) is 12.0. The van der Waals surface area contributed by atoms with Crippen LogP contribution in [0.1, 0.15) is 15.9 Å². The lowest BCUT2D eigenvalue weighted by Crippen LogP contribution is -2.39. The first kappa shape index (κ1) is 16.7. The minimum absolute atomic E-state index is 0.0493. The number of amides is 1. The summed E-state index contributed by atoms with van der Waals surface area (Å²) in [6.07, 6.45) is 0. The summed E-state index contributed by atoms with van der Waals surface area (Å²) in [5.41, 5.74) is 6.01. The Kier molecular flexibility index (Phi) is 4.53. The average Bonchev–Trinajstić information content (AvgIpc) is 3.13. The van der Waals surface area contributed by atoms with Gasteiger partial charge in [-0.2, -0.15) is 11.3 Å². The largest absolute Gasteiger partial charge is 0.383 e. The first-order valence-corrected chi connectivity index (χ1v) is 8.40. The molecule has 0 saturated carbocycles. The van der Waals surface area contributed by atoms with Crippen LogP contribution in [0.4, 0.5) is 11.5 Å². The normalized spacial score (nSPS) is 10.6. The fraction of sp³-hybridized carbons (Fsp3) is 0.118. The lowest BCUT2D eigenvalue weighted by molar-refractivity contribution is 0.0993. The number of benzene rings is 1. The van der Waals surface area contributed by atoms with Gasteiger partial charge < -0.3 is 10.6 Å². The number of H-pyrrole nitrogens is 1. The highest BCUT2D eigenvalue weighted by molar-refractivity contribution is 7.08. The molecule has 3 aromatic rings. The van der Waals surface area contributed by atoms with Gasteiger partial charge in [0.15, 0.2) is 5.69 Å². The number of anilines is 2. The van der Waals surface area contributed by atoms with Gasteiger partial charge in [-0.1, -0.05) is 30.3 Å². The second-order valence-corrected chi connectivity index (χ2v) is 6.22. The van der Waals surface area contributed by atoms with Gasteiger partial charge in [0.2, 0.25) is 0 Å². The van der Waals surface area contributed by atoms with Crippen molar-refractivity contribution >= 4 is 28.7 Å². The maximum Gasteiger partial charge on any atom is 0.330 e. The van der Waals surface area contributed by atoms with Crippen molar-refractivity contribution in [3.63, 3.8) is 0 Å². The lowest BCUT2D eigenvalue weighted by atomic mass is 10.2. The van der Waals surface area contributed by atoms with Gasteiger partial charge in [0.05, 0.1) is 12.1 Å². The van der Waals surface area contributed by atoms with E-state index in [1.165, 1.54) is 23.0 Å². The smallest absolute Gasteiger partial charge is 0.330 e. The fourth-order valence-corrected chi connectivity index (χ4v) is 3.14. The van der Waals surface area contributed by atoms with Gasteiger partial charge in [-0.3, -0.25) is 19.1 Å². The number of hydrogen-bond acceptors (Lipinski definition) is 5. The van der Waals surface area contributed by atoms with Crippen molar-refractivity contribution in [1.82, 2.24) is 9.55 Å². The maximum absolute atomic E-state index is 12.5. The van der Waals surface area contributed by atoms with Crippen LogP contribution < -0.4 is 21.9 Å². The van der Waals surface area contributed by atoms with Gasteiger partial charge in [-0.25, -0.2) is 4.79 Å². The third-order valence-electron chi connectivity index (χ3n) is 3.81. The molecule has 0 saturated heterocycles. The van der Waals surface area contributed by atoms with E-state index in [0.717, 1.165) is 10.5 Å². The quantitative estimate of drug-likeness (QED) is 0.740. The Morgan fingerprint density at radius 1 is 1.24 bits per heavy atom. The lowest BCUT2D eigenvalue weighted by Gasteiger charge is -2.20. The summed E-state index contributed by atoms with van der Waals surface area (Å²) in [5, 5.41) is 3.45. The van der Waals surface area contributed by atoms with Crippen LogP contribution in [0.3, 0.4) is 0 Å². The third kappa shape index (κ3) is 3.24. The SMILES string of the molecule is CN(C(=O)c1ccsc1)c1c(N)n(Cc2ccccc2)c(=O)[nH]c1=O. The molecule has 3 rings (SSSR count). The summed E-state index contributed by atoms with van der Waals surface area (Å²) in [6.45, 7) is 0.190. The zero-order chi connectivity index (χ0) is 18.0. The van der Waals surface area contributed by atoms with E-state index >= 15 is 0 Å². The van der Waals surface area contributed by atoms with Crippen LogP contribution in [0, 0.1) is 0 Å². The van der Waals surface area contributed by atoms with Crippen molar-refractivity contribution < 1.29 is 4.79 Å². The van der Waals surface area contributed by atoms with Gasteiger partial charge in [-0.05, 0) is 17.0 Å². The second kappa shape index (κ2) is 6.78. The van der Waals surface area contributed by atoms with Crippen molar-refractivity contribution in [2.75, 3.05) is 17.7 Å². The highest BCUT2D eigenvalue weighted by Gasteiger charge is 2.22. The number of carbonyl (C=O) groups excluding carboxylic acids is 1. The Morgan fingerprint density at radius 2 is 1.96 bits per heavy atom. The molecule has 0 fully saturated rings. The number of nitrogen functional groups attached to an aromatic ring is 1. The molecule has 2 aromatic heterocycles. The Bertz CT molecular complexity index is 1010. The van der Waals surface area contributed by atoms with E-state index in [9.17, 15) is 14.4 Å². The number of carbonyl (C=O) groups is 1. The van der Waals surface area contributed by atoms with Gasteiger partial charge in [-0.15, -0.1) is 0 Å². The number of rotatable bonds is 4. The van der Waals surface area contributed by atoms with Crippen LogP contribution in [0.2, 0.25) is 0 Å². The number of thiophene rings is 1. The van der Waals surface area contributed by atoms with Crippen LogP contribution in [-0.4, -0.2) is 22.5 Å². The van der Waals surface area contributed by atoms with Gasteiger partial charge in [0.1, 0.15) is 5.82 Å². The van der Waals surface area contributed by atoms with Crippen molar-refractivity contribution in [3.8, 4) is 0 Å². The molecule has 0 spiro atoms. The molecule has 0 aliphatic rings. The van der Waals surface area contributed by atoms with E-state index in [2.05, 4.69) is 4.98 Å². The molecular formula is C17H16N4O3S. The molecule has 7 nitrogen and oxygen atoms in total. The number of hydrogen-bond donors (Lipinski definition) is 2. The van der Waals surface area contributed by atoms with Crippen LogP contribution in [-0.2, 0) is 6.54 Å². The summed E-state index contributed by atoms with van der Waals surface area (Å²) in [5.74, 6) is -0.424. The van der Waals surface area contributed by atoms with Crippen molar-refractivity contribution in [1.29, 1.82) is 0 Å². The molecule has 25 heavy (non-hydrogen) atoms. The van der Waals surface area contributed by atoms with Crippen molar-refractivity contribution in [2.24, 2.45) is 0 Å². The predicted octanol–water partition coefficient (Wildman–Crippen LogP) is 1.51. The van der Waals surface area contributed by atoms with Crippen molar-refractivity contribution in [3.05, 3.63) is 79.1 Å². The Morgan fingerprint density at radius 3 is 2.60 bits per heavy atom. The van der Waals surface area contributed by atoms with E-state index in [0.29, 0.717) is 5.56 Å². The molecule has 3 N–H and O–H groups in total. The highest BCUT2D eigenvalue weighted by Crippen LogP contribution is 2.19. The number of nitrogens with two attached hydrogens (primary N) is 1. The van der Waals surface area contributed by atoms with E-state index in [1.54, 1.807) is 16.8 Å². The molecule has 1 aromatic carbocycles. The topological polar surface area (TPSA) is 101 Å². The maximum atomic E-state index is 12.5. The fourth-order valence-electron chi connectivity index (χ4n) is 2.51. The zero-order valence-electron chi connectivity index (χ0n) is 13.4. The van der Waals surface area contributed by atoms with Gasteiger partial charge in [0.25, 0.3) is 11.5 Å². The summed E-state index contributed by atoms with van der Waals surface area (Å²) < 4.78 is 1.24. The van der Waals surface area contributed by atoms with Crippen LogP contribution in [0.15, 0.2) is 56.7 Å². The molecule has 2 heterocycles. The summed E-state index contributed by atoms with van der Waals surface area (Å²) in [7, 11) is 1.46. The van der Waals surface area contributed by atoms with Gasteiger partial charge in [0, 0.05) is 12.4 Å². The Labute approximate surface area is 147 Å². The van der Waals surface area contributed by atoms with E-state index in [1.807, 2.05) is 30.3 Å². The molecule has 0 atom stereocenters. The van der Waals surface area contributed by atoms with Crippen molar-refractivity contribution in [2.45, 2.75) is 6.54 Å². The summed E-state index contributed by atoms with van der Waals surface area (Å²) >= 11 is 1.38. The van der Waals surface area contributed by atoms with Gasteiger partial charge >= 0.3 is 5.69 Å². The minimum atomic E-state index is -0.696. The molecule has 0 unspecified atom stereocenters. The molecule has 0 bridgehead atoms. The predicted molar refractivity (Wildman–Crippen MR) is 98.3 cm³/mol. The van der Waals surface area contributed by atoms with Crippen LogP contribution in [0.5, 0.6) is 0 Å². The zero-order valence-corrected chi connectivity index (χ0v) is 14.2. The number of nitrogens with one attached hydrogen (secondary N) is 1. The molecule has 1 amide bonds. The standard InChI is InChI=1S/C17H16N4O3S/c1-20(16(23)12-7-8-25-10-12)13-14(18)21(17(24)19-15(13)22)9-11-5-3-2-4-6-11/h2-8,10H,9,18H2,1H3,(H,19,22,24). The molecule has 0 aliphatic carbocycles. The number of nitrogens with zero attached hydrogens (tertiary/aromatic N) is 2. The van der Waals surface area contributed by atoms with Crippen LogP contribution >= 0.6 is 11.3 Å². The Balaban J connectivity index is 2.05. The second-order valence-electron chi connectivity index (χ2n) is 5.44. The number of aromatic amines is 1. The highest BCUT2D eigenvalue weighted by atomic mass is 32.1. The average molecular weight is 356 g/mol. The van der Waals surface area contributed by atoms with E-state index < -0.39 is 11.2 Å². The first-order valence-electron chi connectivity index (χ1n) is 7.46. The molecule has 128 valence electrons. The number of aromatic nitrogens is 2. The minimum Gasteiger partial charge on any atom is -0.383 e. The molecule has 0 aliphatic heterocycles. The van der Waals surface area contributed by atoms with E-state index in [4.69, 9.17) is 5.73 Å². The van der Waals surface area contributed by atoms with E-state index in [-0.39, 0.29) is 24.0 Å². The molecule has 8 heteroatoms. The van der Waals surface area contributed by atoms with Crippen LogP contribution in [0.25, 0.3) is 0 Å². The monoisotopic (exact) mass is 356 g/mol. The summed E-state index contributed by atoms with van der Waals surface area (Å²) in [4.78, 5) is 40.3. The molecule has 0 radical (unpaired) electrons. The Hall–Kier alpha value is -3.13. The summed E-state index contributed by atoms with van der Waals surface area (Å²) in [6, 6.07) is 10.9.